The molecule has 1 heterocycles. The summed E-state index contributed by atoms with van der Waals surface area (Å²) in [5.74, 6) is 0.740. The van der Waals surface area contributed by atoms with Crippen LogP contribution in [0.25, 0.3) is 0 Å². The Morgan fingerprint density at radius 2 is 1.92 bits per heavy atom. The minimum absolute atomic E-state index is 0.0694. The van der Waals surface area contributed by atoms with E-state index in [1.807, 2.05) is 38.1 Å². The van der Waals surface area contributed by atoms with E-state index in [1.165, 1.54) is 43.4 Å². The number of nitrogens with one attached hydrogen (secondary N) is 2. The van der Waals surface area contributed by atoms with Crippen LogP contribution in [0.4, 0.5) is 5.13 Å². The van der Waals surface area contributed by atoms with Crippen LogP contribution < -0.4 is 15.4 Å². The SMILES string of the molecule is COc1ccc([C@@H](C)NC(=O)c2sc(NC3CCCCC3)nc2C)cc1. The first-order valence-corrected chi connectivity index (χ1v) is 10.1. The van der Waals surface area contributed by atoms with Gasteiger partial charge in [-0.2, -0.15) is 0 Å². The highest BCUT2D eigenvalue weighted by Crippen LogP contribution is 2.27. The van der Waals surface area contributed by atoms with Gasteiger partial charge in [0.25, 0.3) is 5.91 Å². The summed E-state index contributed by atoms with van der Waals surface area (Å²) in [5, 5.41) is 7.44. The quantitative estimate of drug-likeness (QED) is 0.771. The largest absolute Gasteiger partial charge is 0.497 e. The molecule has 26 heavy (non-hydrogen) atoms. The van der Waals surface area contributed by atoms with Crippen molar-refractivity contribution in [1.82, 2.24) is 10.3 Å². The number of aromatic nitrogens is 1. The van der Waals surface area contributed by atoms with Gasteiger partial charge < -0.3 is 15.4 Å². The molecule has 140 valence electrons. The second-order valence-electron chi connectivity index (χ2n) is 6.88. The molecule has 0 aliphatic heterocycles. The molecule has 2 N–H and O–H groups in total. The Labute approximate surface area is 159 Å². The lowest BCUT2D eigenvalue weighted by Crippen LogP contribution is -2.26. The van der Waals surface area contributed by atoms with Crippen LogP contribution in [-0.4, -0.2) is 24.0 Å². The number of thiazole rings is 1. The maximum atomic E-state index is 12.7. The van der Waals surface area contributed by atoms with Crippen molar-refractivity contribution in [1.29, 1.82) is 0 Å². The van der Waals surface area contributed by atoms with Crippen LogP contribution in [-0.2, 0) is 0 Å². The first kappa shape index (κ1) is 18.7. The number of hydrogen-bond donors (Lipinski definition) is 2. The fourth-order valence-corrected chi connectivity index (χ4v) is 4.27. The van der Waals surface area contributed by atoms with Gasteiger partial charge in [-0.05, 0) is 44.4 Å². The van der Waals surface area contributed by atoms with Gasteiger partial charge in [-0.15, -0.1) is 0 Å². The summed E-state index contributed by atoms with van der Waals surface area (Å²) in [6.45, 7) is 3.88. The number of amides is 1. The molecule has 6 heteroatoms. The smallest absolute Gasteiger partial charge is 0.263 e. The van der Waals surface area contributed by atoms with Crippen molar-refractivity contribution >= 4 is 22.4 Å². The number of methoxy groups -OCH3 is 1. The predicted octanol–water partition coefficient (Wildman–Crippen LogP) is 4.70. The highest BCUT2D eigenvalue weighted by atomic mass is 32.1. The lowest BCUT2D eigenvalue weighted by Gasteiger charge is -2.22. The van der Waals surface area contributed by atoms with Crippen LogP contribution >= 0.6 is 11.3 Å². The molecule has 5 nitrogen and oxygen atoms in total. The first-order chi connectivity index (χ1) is 12.6. The Balaban J connectivity index is 1.63. The molecule has 0 bridgehead atoms. The fraction of sp³-hybridized carbons (Fsp3) is 0.500. The minimum atomic E-state index is -0.0790. The molecule has 1 aliphatic rings. The van der Waals surface area contributed by atoms with E-state index in [4.69, 9.17) is 4.74 Å². The molecule has 1 atom stereocenters. The summed E-state index contributed by atoms with van der Waals surface area (Å²) in [6.07, 6.45) is 6.25. The maximum Gasteiger partial charge on any atom is 0.263 e. The summed E-state index contributed by atoms with van der Waals surface area (Å²) < 4.78 is 5.18. The molecular weight excluding hydrogens is 346 g/mol. The van der Waals surface area contributed by atoms with E-state index in [9.17, 15) is 4.79 Å². The third-order valence-corrected chi connectivity index (χ3v) is 5.99. The van der Waals surface area contributed by atoms with Gasteiger partial charge in [-0.25, -0.2) is 4.98 Å². The van der Waals surface area contributed by atoms with Gasteiger partial charge in [0.1, 0.15) is 10.6 Å². The standard InChI is InChI=1S/C20H27N3O2S/c1-13(15-9-11-17(25-3)12-10-15)21-19(24)18-14(2)22-20(26-18)23-16-7-5-4-6-8-16/h9-13,16H,4-8H2,1-3H3,(H,21,24)(H,22,23)/t13-/m1/s1. The van der Waals surface area contributed by atoms with Gasteiger partial charge >= 0.3 is 0 Å². The summed E-state index contributed by atoms with van der Waals surface area (Å²) in [7, 11) is 1.64. The van der Waals surface area contributed by atoms with Crippen LogP contribution in [0.1, 0.15) is 66.0 Å². The Morgan fingerprint density at radius 1 is 1.23 bits per heavy atom. The van der Waals surface area contributed by atoms with Gasteiger partial charge in [0.05, 0.1) is 18.8 Å². The van der Waals surface area contributed by atoms with Crippen molar-refractivity contribution in [3.63, 3.8) is 0 Å². The number of benzene rings is 1. The van der Waals surface area contributed by atoms with Crippen LogP contribution in [0.5, 0.6) is 5.75 Å². The van der Waals surface area contributed by atoms with Gasteiger partial charge in [0, 0.05) is 6.04 Å². The molecule has 3 rings (SSSR count). The van der Waals surface area contributed by atoms with Crippen molar-refractivity contribution in [3.8, 4) is 5.75 Å². The van der Waals surface area contributed by atoms with E-state index < -0.39 is 0 Å². The lowest BCUT2D eigenvalue weighted by atomic mass is 9.96. The maximum absolute atomic E-state index is 12.7. The third-order valence-electron chi connectivity index (χ3n) is 4.90. The van der Waals surface area contributed by atoms with Crippen LogP contribution in [0.15, 0.2) is 24.3 Å². The second-order valence-corrected chi connectivity index (χ2v) is 7.88. The van der Waals surface area contributed by atoms with Crippen molar-refractivity contribution in [2.45, 2.75) is 58.0 Å². The average Bonchev–Trinajstić information content (AvgIpc) is 3.02. The number of carbonyl (C=O) groups excluding carboxylic acids is 1. The second kappa shape index (κ2) is 8.54. The summed E-state index contributed by atoms with van der Waals surface area (Å²) in [4.78, 5) is 17.9. The van der Waals surface area contributed by atoms with E-state index in [1.54, 1.807) is 7.11 Å². The summed E-state index contributed by atoms with van der Waals surface area (Å²) in [6, 6.07) is 8.16. The van der Waals surface area contributed by atoms with E-state index in [0.29, 0.717) is 10.9 Å². The predicted molar refractivity (Wildman–Crippen MR) is 106 cm³/mol. The molecule has 0 saturated heterocycles. The number of hydrogen-bond acceptors (Lipinski definition) is 5. The molecule has 0 unspecified atom stereocenters. The number of carbonyl (C=O) groups is 1. The zero-order valence-electron chi connectivity index (χ0n) is 15.7. The molecule has 1 fully saturated rings. The highest BCUT2D eigenvalue weighted by molar-refractivity contribution is 7.17. The monoisotopic (exact) mass is 373 g/mol. The number of aryl methyl sites for hydroxylation is 1. The highest BCUT2D eigenvalue weighted by Gasteiger charge is 2.20. The van der Waals surface area contributed by atoms with Crippen molar-refractivity contribution < 1.29 is 9.53 Å². The van der Waals surface area contributed by atoms with Crippen molar-refractivity contribution in [2.24, 2.45) is 0 Å². The lowest BCUT2D eigenvalue weighted by molar-refractivity contribution is 0.0943. The van der Waals surface area contributed by atoms with E-state index in [0.717, 1.165) is 22.1 Å². The molecule has 1 aromatic heterocycles. The Bertz CT molecular complexity index is 736. The number of rotatable bonds is 6. The topological polar surface area (TPSA) is 63.2 Å². The molecule has 1 aliphatic carbocycles. The van der Waals surface area contributed by atoms with Crippen LogP contribution in [0, 0.1) is 6.92 Å². The fourth-order valence-electron chi connectivity index (χ4n) is 3.33. The molecule has 2 aromatic rings. The number of nitrogens with zero attached hydrogens (tertiary/aromatic N) is 1. The zero-order valence-corrected chi connectivity index (χ0v) is 16.5. The summed E-state index contributed by atoms with van der Waals surface area (Å²) >= 11 is 1.45. The normalized spacial score (nSPS) is 16.1. The molecule has 1 amide bonds. The summed E-state index contributed by atoms with van der Waals surface area (Å²) in [5.41, 5.74) is 1.83. The van der Waals surface area contributed by atoms with Gasteiger partial charge in [-0.1, -0.05) is 42.7 Å². The Hall–Kier alpha value is -2.08. The molecule has 0 spiro atoms. The zero-order chi connectivity index (χ0) is 18.5. The van der Waals surface area contributed by atoms with E-state index in [-0.39, 0.29) is 11.9 Å². The number of anilines is 1. The molecular formula is C20H27N3O2S. The average molecular weight is 374 g/mol. The van der Waals surface area contributed by atoms with Crippen LogP contribution in [0.3, 0.4) is 0 Å². The number of ether oxygens (including phenoxy) is 1. The van der Waals surface area contributed by atoms with Gasteiger partial charge in [-0.3, -0.25) is 4.79 Å². The molecule has 1 aromatic carbocycles. The van der Waals surface area contributed by atoms with Crippen molar-refractivity contribution in [3.05, 3.63) is 40.4 Å². The Kier molecular flexibility index (Phi) is 6.14. The van der Waals surface area contributed by atoms with E-state index in [2.05, 4.69) is 15.6 Å². The third kappa shape index (κ3) is 4.55. The van der Waals surface area contributed by atoms with Crippen molar-refractivity contribution in [2.75, 3.05) is 12.4 Å². The minimum Gasteiger partial charge on any atom is -0.497 e. The van der Waals surface area contributed by atoms with Crippen LogP contribution in [0.2, 0.25) is 0 Å². The molecule has 1 saturated carbocycles. The first-order valence-electron chi connectivity index (χ1n) is 9.25. The van der Waals surface area contributed by atoms with Gasteiger partial charge in [0.2, 0.25) is 0 Å². The molecule has 0 radical (unpaired) electrons. The van der Waals surface area contributed by atoms with E-state index >= 15 is 0 Å². The Morgan fingerprint density at radius 3 is 2.58 bits per heavy atom. The van der Waals surface area contributed by atoms with Gasteiger partial charge in [0.15, 0.2) is 5.13 Å².